The summed E-state index contributed by atoms with van der Waals surface area (Å²) in [6.45, 7) is -0.614. The number of carbonyl (C=O) groups is 1. The van der Waals surface area contributed by atoms with Crippen LogP contribution in [0.25, 0.3) is 0 Å². The van der Waals surface area contributed by atoms with Gasteiger partial charge in [0.05, 0.1) is 6.54 Å². The first-order valence-corrected chi connectivity index (χ1v) is 4.16. The second kappa shape index (κ2) is 5.18. The maximum atomic E-state index is 11.9. The molecule has 1 aromatic heterocycles. The summed E-state index contributed by atoms with van der Waals surface area (Å²) in [4.78, 5) is 19.5. The van der Waals surface area contributed by atoms with Crippen molar-refractivity contribution >= 4 is 11.8 Å². The van der Waals surface area contributed by atoms with E-state index in [1.807, 2.05) is 0 Å². The Labute approximate surface area is 85.1 Å². The number of anilines is 1. The molecule has 82 valence electrons. The summed E-state index contributed by atoms with van der Waals surface area (Å²) in [5.41, 5.74) is 0. The van der Waals surface area contributed by atoms with Crippen molar-refractivity contribution in [1.82, 2.24) is 14.9 Å². The number of alkyl halides is 2. The van der Waals surface area contributed by atoms with E-state index in [1.54, 1.807) is 0 Å². The summed E-state index contributed by atoms with van der Waals surface area (Å²) >= 11 is 0. The molecule has 1 aromatic rings. The molecule has 7 heteroatoms. The smallest absolute Gasteiger partial charge is 0.322 e. The number of hydrogen-bond acceptors (Lipinski definition) is 3. The molecule has 0 atom stereocenters. The first-order valence-electron chi connectivity index (χ1n) is 4.16. The fraction of sp³-hybridized carbons (Fsp3) is 0.375. The molecule has 0 saturated heterocycles. The van der Waals surface area contributed by atoms with Gasteiger partial charge in [0.1, 0.15) is 12.1 Å². The van der Waals surface area contributed by atoms with Gasteiger partial charge in [0, 0.05) is 13.2 Å². The topological polar surface area (TPSA) is 58.1 Å². The molecule has 0 aliphatic heterocycles. The first kappa shape index (κ1) is 11.3. The van der Waals surface area contributed by atoms with Crippen LogP contribution in [0.4, 0.5) is 19.4 Å². The van der Waals surface area contributed by atoms with E-state index in [-0.39, 0.29) is 5.82 Å². The molecule has 0 bridgehead atoms. The number of rotatable bonds is 3. The van der Waals surface area contributed by atoms with Gasteiger partial charge in [-0.3, -0.25) is 5.32 Å². The summed E-state index contributed by atoms with van der Waals surface area (Å²) < 4.78 is 23.9. The predicted octanol–water partition coefficient (Wildman–Crippen LogP) is 1.21. The Balaban J connectivity index is 2.49. The third-order valence-corrected chi connectivity index (χ3v) is 1.58. The summed E-state index contributed by atoms with van der Waals surface area (Å²) in [6, 6.07) is 0.836. The number of hydrogen-bond donors (Lipinski definition) is 1. The molecular formula is C8H10F2N4O. The summed E-state index contributed by atoms with van der Waals surface area (Å²) in [7, 11) is 1.28. The monoisotopic (exact) mass is 216 g/mol. The van der Waals surface area contributed by atoms with Crippen LogP contribution < -0.4 is 5.32 Å². The lowest BCUT2D eigenvalue weighted by molar-refractivity contribution is 0.111. The largest absolute Gasteiger partial charge is 0.322 e. The average molecular weight is 216 g/mol. The number of nitrogens with zero attached hydrogens (tertiary/aromatic N) is 3. The lowest BCUT2D eigenvalue weighted by atomic mass is 10.5. The highest BCUT2D eigenvalue weighted by molar-refractivity contribution is 5.87. The maximum Gasteiger partial charge on any atom is 0.322 e. The van der Waals surface area contributed by atoms with E-state index >= 15 is 0 Å². The zero-order valence-corrected chi connectivity index (χ0v) is 8.02. The first-order chi connectivity index (χ1) is 7.09. The quantitative estimate of drug-likeness (QED) is 0.826. The minimum Gasteiger partial charge on any atom is -0.322 e. The lowest BCUT2D eigenvalue weighted by Gasteiger charge is -2.16. The van der Waals surface area contributed by atoms with Crippen LogP contribution in [0.15, 0.2) is 18.6 Å². The highest BCUT2D eigenvalue weighted by atomic mass is 19.3. The number of urea groups is 1. The van der Waals surface area contributed by atoms with E-state index in [4.69, 9.17) is 0 Å². The van der Waals surface area contributed by atoms with E-state index < -0.39 is 19.0 Å². The molecule has 0 saturated carbocycles. The standard InChI is InChI=1S/C8H10F2N4O/c1-14(4-6(9)10)8(15)13-7-2-3-11-5-12-7/h2-3,5-6H,4H2,1H3,(H,11,12,13,15). The molecule has 1 heterocycles. The van der Waals surface area contributed by atoms with Crippen LogP contribution in [0.1, 0.15) is 0 Å². The minimum absolute atomic E-state index is 0.274. The zero-order chi connectivity index (χ0) is 11.3. The molecule has 2 amide bonds. The van der Waals surface area contributed by atoms with Gasteiger partial charge < -0.3 is 4.90 Å². The normalized spacial score (nSPS) is 10.1. The highest BCUT2D eigenvalue weighted by Gasteiger charge is 2.13. The zero-order valence-electron chi connectivity index (χ0n) is 8.02. The lowest BCUT2D eigenvalue weighted by Crippen LogP contribution is -2.35. The minimum atomic E-state index is -2.55. The van der Waals surface area contributed by atoms with Gasteiger partial charge >= 0.3 is 6.03 Å². The van der Waals surface area contributed by atoms with Crippen LogP contribution in [0.5, 0.6) is 0 Å². The molecule has 0 fully saturated rings. The molecule has 15 heavy (non-hydrogen) atoms. The molecule has 0 unspecified atom stereocenters. The number of carbonyl (C=O) groups excluding carboxylic acids is 1. The average Bonchev–Trinajstić information content (AvgIpc) is 2.18. The van der Waals surface area contributed by atoms with E-state index in [9.17, 15) is 13.6 Å². The predicted molar refractivity (Wildman–Crippen MR) is 49.7 cm³/mol. The second-order valence-electron chi connectivity index (χ2n) is 2.80. The van der Waals surface area contributed by atoms with Crippen LogP contribution in [-0.2, 0) is 0 Å². The number of amides is 2. The SMILES string of the molecule is CN(CC(F)F)C(=O)Nc1ccncn1. The van der Waals surface area contributed by atoms with Gasteiger partial charge in [-0.2, -0.15) is 0 Å². The van der Waals surface area contributed by atoms with Gasteiger partial charge in [-0.15, -0.1) is 0 Å². The Morgan fingerprint density at radius 3 is 2.93 bits per heavy atom. The van der Waals surface area contributed by atoms with Crippen molar-refractivity contribution in [1.29, 1.82) is 0 Å². The number of aromatic nitrogens is 2. The van der Waals surface area contributed by atoms with Crippen molar-refractivity contribution in [3.63, 3.8) is 0 Å². The van der Waals surface area contributed by atoms with E-state index in [1.165, 1.54) is 25.6 Å². The van der Waals surface area contributed by atoms with Crippen molar-refractivity contribution in [2.45, 2.75) is 6.43 Å². The van der Waals surface area contributed by atoms with Gasteiger partial charge in [0.25, 0.3) is 6.43 Å². The van der Waals surface area contributed by atoms with Gasteiger partial charge in [-0.05, 0) is 6.07 Å². The molecule has 0 aliphatic rings. The Bertz CT molecular complexity index is 320. The van der Waals surface area contributed by atoms with Crippen LogP contribution >= 0.6 is 0 Å². The molecule has 0 aliphatic carbocycles. The second-order valence-corrected chi connectivity index (χ2v) is 2.80. The molecular weight excluding hydrogens is 206 g/mol. The van der Waals surface area contributed by atoms with E-state index in [0.717, 1.165) is 4.90 Å². The maximum absolute atomic E-state index is 11.9. The van der Waals surface area contributed by atoms with Gasteiger partial charge in [0.15, 0.2) is 0 Å². The van der Waals surface area contributed by atoms with Crippen molar-refractivity contribution < 1.29 is 13.6 Å². The van der Waals surface area contributed by atoms with Crippen LogP contribution in [0.3, 0.4) is 0 Å². The van der Waals surface area contributed by atoms with Crippen LogP contribution in [0.2, 0.25) is 0 Å². The fourth-order valence-electron chi connectivity index (χ4n) is 0.860. The molecule has 0 spiro atoms. The van der Waals surface area contributed by atoms with E-state index in [0.29, 0.717) is 0 Å². The third-order valence-electron chi connectivity index (χ3n) is 1.58. The molecule has 0 radical (unpaired) electrons. The Morgan fingerprint density at radius 2 is 2.40 bits per heavy atom. The third kappa shape index (κ3) is 3.84. The molecule has 1 rings (SSSR count). The summed E-state index contributed by atoms with van der Waals surface area (Å²) in [5, 5.41) is 2.35. The number of halogens is 2. The molecule has 5 nitrogen and oxygen atoms in total. The Kier molecular flexibility index (Phi) is 3.90. The van der Waals surface area contributed by atoms with Crippen molar-refractivity contribution in [2.75, 3.05) is 18.9 Å². The van der Waals surface area contributed by atoms with Crippen molar-refractivity contribution in [2.24, 2.45) is 0 Å². The number of nitrogens with one attached hydrogen (secondary N) is 1. The Hall–Kier alpha value is -1.79. The van der Waals surface area contributed by atoms with Crippen LogP contribution in [0, 0.1) is 0 Å². The fourth-order valence-corrected chi connectivity index (χ4v) is 0.860. The van der Waals surface area contributed by atoms with Crippen molar-refractivity contribution in [3.05, 3.63) is 18.6 Å². The van der Waals surface area contributed by atoms with Gasteiger partial charge in [0.2, 0.25) is 0 Å². The van der Waals surface area contributed by atoms with Gasteiger partial charge in [-0.25, -0.2) is 23.5 Å². The highest BCUT2D eigenvalue weighted by Crippen LogP contribution is 2.02. The Morgan fingerprint density at radius 1 is 1.67 bits per heavy atom. The summed E-state index contributed by atoms with van der Waals surface area (Å²) in [5.74, 6) is 0.274. The van der Waals surface area contributed by atoms with Crippen molar-refractivity contribution in [3.8, 4) is 0 Å². The van der Waals surface area contributed by atoms with Crippen LogP contribution in [-0.4, -0.2) is 40.9 Å². The van der Waals surface area contributed by atoms with E-state index in [2.05, 4.69) is 15.3 Å². The molecule has 1 N–H and O–H groups in total. The molecule has 0 aromatic carbocycles. The van der Waals surface area contributed by atoms with Gasteiger partial charge in [-0.1, -0.05) is 0 Å². The summed E-state index contributed by atoms with van der Waals surface area (Å²) in [6.07, 6.45) is 0.143.